The Hall–Kier alpha value is -2.90. The Morgan fingerprint density at radius 1 is 1.00 bits per heavy atom. The summed E-state index contributed by atoms with van der Waals surface area (Å²) in [5.41, 5.74) is 1.54. The Balaban J connectivity index is 1.25. The smallest absolute Gasteiger partial charge is 0.261 e. The molecule has 0 spiro atoms. The Morgan fingerprint density at radius 2 is 1.75 bits per heavy atom. The third-order valence-corrected chi connectivity index (χ3v) is 6.26. The zero-order valence-electron chi connectivity index (χ0n) is 17.9. The van der Waals surface area contributed by atoms with E-state index in [1.807, 2.05) is 24.3 Å². The summed E-state index contributed by atoms with van der Waals surface area (Å²) in [4.78, 5) is 43.5. The number of likely N-dealkylation sites (tertiary alicyclic amines) is 1. The standard InChI is InChI=1S/C24H27ClN4O3/c25-19-7-4-8-20(17-19)28-15-13-27(14-16-28)12-11-26-23(31)21-9-10-22(30)29(21)24(32)18-5-2-1-3-6-18/h1-8,17,21H,9-16H2,(H,26,31)/t21-/m0/s1. The number of rotatable bonds is 6. The summed E-state index contributed by atoms with van der Waals surface area (Å²) in [5, 5.41) is 3.66. The van der Waals surface area contributed by atoms with E-state index in [1.54, 1.807) is 24.3 Å². The zero-order chi connectivity index (χ0) is 22.5. The maximum atomic E-state index is 12.8. The monoisotopic (exact) mass is 454 g/mol. The number of carbonyl (C=O) groups is 3. The number of benzene rings is 2. The molecule has 0 saturated carbocycles. The van der Waals surface area contributed by atoms with E-state index in [0.29, 0.717) is 18.5 Å². The van der Waals surface area contributed by atoms with Crippen molar-refractivity contribution in [2.75, 3.05) is 44.2 Å². The molecule has 1 atom stereocenters. The number of carbonyl (C=O) groups excluding carboxylic acids is 3. The molecular weight excluding hydrogens is 428 g/mol. The molecule has 8 heteroatoms. The molecule has 0 unspecified atom stereocenters. The molecule has 3 amide bonds. The predicted octanol–water partition coefficient (Wildman–Crippen LogP) is 2.41. The number of amides is 3. The summed E-state index contributed by atoms with van der Waals surface area (Å²) in [6.45, 7) is 4.78. The fraction of sp³-hybridized carbons (Fsp3) is 0.375. The fourth-order valence-corrected chi connectivity index (χ4v) is 4.45. The molecular formula is C24H27ClN4O3. The van der Waals surface area contributed by atoms with Crippen molar-refractivity contribution in [3.05, 3.63) is 65.2 Å². The van der Waals surface area contributed by atoms with Crippen LogP contribution >= 0.6 is 11.6 Å². The molecule has 2 heterocycles. The van der Waals surface area contributed by atoms with E-state index in [0.717, 1.165) is 48.3 Å². The molecule has 0 aromatic heterocycles. The number of anilines is 1. The molecule has 2 aromatic carbocycles. The van der Waals surface area contributed by atoms with E-state index in [-0.39, 0.29) is 18.2 Å². The second-order valence-corrected chi connectivity index (χ2v) is 8.53. The minimum absolute atomic E-state index is 0.210. The van der Waals surface area contributed by atoms with E-state index in [2.05, 4.69) is 21.2 Å². The number of halogens is 1. The molecule has 0 radical (unpaired) electrons. The normalized spacial score (nSPS) is 19.3. The highest BCUT2D eigenvalue weighted by Crippen LogP contribution is 2.22. The minimum atomic E-state index is -0.741. The molecule has 0 aliphatic carbocycles. The highest BCUT2D eigenvalue weighted by atomic mass is 35.5. The van der Waals surface area contributed by atoms with Gasteiger partial charge < -0.3 is 10.2 Å². The van der Waals surface area contributed by atoms with Crippen LogP contribution < -0.4 is 10.2 Å². The minimum Gasteiger partial charge on any atom is -0.369 e. The summed E-state index contributed by atoms with van der Waals surface area (Å²) < 4.78 is 0. The molecule has 2 saturated heterocycles. The Kier molecular flexibility index (Phi) is 7.07. The fourth-order valence-electron chi connectivity index (χ4n) is 4.26. The van der Waals surface area contributed by atoms with Gasteiger partial charge in [0.15, 0.2) is 0 Å². The van der Waals surface area contributed by atoms with Gasteiger partial charge in [0, 0.05) is 62.0 Å². The van der Waals surface area contributed by atoms with E-state index < -0.39 is 11.9 Å². The van der Waals surface area contributed by atoms with Crippen molar-refractivity contribution in [2.24, 2.45) is 0 Å². The highest BCUT2D eigenvalue weighted by molar-refractivity contribution is 6.30. The first-order chi connectivity index (χ1) is 15.5. The Bertz CT molecular complexity index is 976. The molecule has 4 rings (SSSR count). The van der Waals surface area contributed by atoms with E-state index >= 15 is 0 Å². The largest absolute Gasteiger partial charge is 0.369 e. The predicted molar refractivity (Wildman–Crippen MR) is 124 cm³/mol. The lowest BCUT2D eigenvalue weighted by Crippen LogP contribution is -2.51. The van der Waals surface area contributed by atoms with Crippen LogP contribution in [-0.4, -0.2) is 72.8 Å². The molecule has 2 fully saturated rings. The van der Waals surface area contributed by atoms with Crippen LogP contribution in [0, 0.1) is 0 Å². The topological polar surface area (TPSA) is 73.0 Å². The number of nitrogens with one attached hydrogen (secondary N) is 1. The van der Waals surface area contributed by atoms with Crippen molar-refractivity contribution >= 4 is 35.0 Å². The Morgan fingerprint density at radius 3 is 2.47 bits per heavy atom. The summed E-state index contributed by atoms with van der Waals surface area (Å²) >= 11 is 6.10. The van der Waals surface area contributed by atoms with Gasteiger partial charge >= 0.3 is 0 Å². The number of imide groups is 1. The third kappa shape index (κ3) is 5.11. The van der Waals surface area contributed by atoms with Crippen LogP contribution in [0.3, 0.4) is 0 Å². The summed E-state index contributed by atoms with van der Waals surface area (Å²) in [6.07, 6.45) is 0.573. The van der Waals surface area contributed by atoms with Crippen molar-refractivity contribution in [2.45, 2.75) is 18.9 Å². The average Bonchev–Trinajstić information content (AvgIpc) is 3.21. The van der Waals surface area contributed by atoms with Gasteiger partial charge in [0.1, 0.15) is 6.04 Å². The van der Waals surface area contributed by atoms with Crippen LogP contribution in [0.25, 0.3) is 0 Å². The van der Waals surface area contributed by atoms with Crippen LogP contribution in [0.2, 0.25) is 5.02 Å². The van der Waals surface area contributed by atoms with Crippen molar-refractivity contribution in [3.8, 4) is 0 Å². The van der Waals surface area contributed by atoms with Gasteiger partial charge in [0.25, 0.3) is 5.91 Å². The van der Waals surface area contributed by atoms with Crippen LogP contribution in [0.15, 0.2) is 54.6 Å². The highest BCUT2D eigenvalue weighted by Gasteiger charge is 2.40. The van der Waals surface area contributed by atoms with Gasteiger partial charge in [-0.05, 0) is 36.8 Å². The quantitative estimate of drug-likeness (QED) is 0.678. The molecule has 168 valence electrons. The first-order valence-corrected chi connectivity index (χ1v) is 11.3. The lowest BCUT2D eigenvalue weighted by Gasteiger charge is -2.36. The number of piperazine rings is 1. The van der Waals surface area contributed by atoms with Gasteiger partial charge in [-0.1, -0.05) is 35.9 Å². The zero-order valence-corrected chi connectivity index (χ0v) is 18.6. The van der Waals surface area contributed by atoms with Crippen LogP contribution in [0.5, 0.6) is 0 Å². The SMILES string of the molecule is O=C(NCCN1CCN(c2cccc(Cl)c2)CC1)[C@@H]1CCC(=O)N1C(=O)c1ccccc1. The summed E-state index contributed by atoms with van der Waals surface area (Å²) in [5.74, 6) is -0.973. The molecule has 32 heavy (non-hydrogen) atoms. The van der Waals surface area contributed by atoms with Crippen molar-refractivity contribution in [3.63, 3.8) is 0 Å². The van der Waals surface area contributed by atoms with Gasteiger partial charge in [0.2, 0.25) is 11.8 Å². The summed E-state index contributed by atoms with van der Waals surface area (Å²) in [7, 11) is 0. The van der Waals surface area contributed by atoms with Crippen molar-refractivity contribution in [1.29, 1.82) is 0 Å². The van der Waals surface area contributed by atoms with Crippen LogP contribution in [-0.2, 0) is 9.59 Å². The maximum Gasteiger partial charge on any atom is 0.261 e. The van der Waals surface area contributed by atoms with Crippen LogP contribution in [0.4, 0.5) is 5.69 Å². The first-order valence-electron chi connectivity index (χ1n) is 10.9. The van der Waals surface area contributed by atoms with Gasteiger partial charge in [0.05, 0.1) is 0 Å². The third-order valence-electron chi connectivity index (χ3n) is 6.03. The van der Waals surface area contributed by atoms with E-state index in [9.17, 15) is 14.4 Å². The van der Waals surface area contributed by atoms with Gasteiger partial charge in [-0.15, -0.1) is 0 Å². The number of nitrogens with zero attached hydrogens (tertiary/aromatic N) is 3. The molecule has 2 aliphatic rings. The lowest BCUT2D eigenvalue weighted by molar-refractivity contribution is -0.132. The Labute approximate surface area is 192 Å². The van der Waals surface area contributed by atoms with E-state index in [1.165, 1.54) is 0 Å². The van der Waals surface area contributed by atoms with Crippen LogP contribution in [0.1, 0.15) is 23.2 Å². The van der Waals surface area contributed by atoms with Crippen molar-refractivity contribution in [1.82, 2.24) is 15.1 Å². The number of hydrogen-bond acceptors (Lipinski definition) is 5. The van der Waals surface area contributed by atoms with Gasteiger partial charge in [-0.25, -0.2) is 0 Å². The maximum absolute atomic E-state index is 12.8. The first kappa shape index (κ1) is 22.3. The van der Waals surface area contributed by atoms with Crippen molar-refractivity contribution < 1.29 is 14.4 Å². The van der Waals surface area contributed by atoms with E-state index in [4.69, 9.17) is 11.6 Å². The summed E-state index contributed by atoms with van der Waals surface area (Å²) in [6, 6.07) is 15.7. The average molecular weight is 455 g/mol. The molecule has 0 bridgehead atoms. The second kappa shape index (κ2) is 10.1. The second-order valence-electron chi connectivity index (χ2n) is 8.09. The lowest BCUT2D eigenvalue weighted by atomic mass is 10.1. The molecule has 1 N–H and O–H groups in total. The molecule has 7 nitrogen and oxygen atoms in total. The molecule has 2 aliphatic heterocycles. The molecule has 2 aromatic rings. The number of hydrogen-bond donors (Lipinski definition) is 1. The van der Waals surface area contributed by atoms with Gasteiger partial charge in [-0.2, -0.15) is 0 Å². The van der Waals surface area contributed by atoms with Gasteiger partial charge in [-0.3, -0.25) is 24.2 Å².